The van der Waals surface area contributed by atoms with Crippen molar-refractivity contribution in [2.45, 2.75) is 6.92 Å². The number of quaternary nitrogens is 1. The summed E-state index contributed by atoms with van der Waals surface area (Å²) in [5, 5.41) is 0.633. The Bertz CT molecular complexity index is 831. The zero-order valence-corrected chi connectivity index (χ0v) is 16.3. The number of likely N-dealkylation sites (N-methyl/N-ethyl adjacent to an activating group) is 1. The van der Waals surface area contributed by atoms with Crippen LogP contribution in [0.15, 0.2) is 24.2 Å². The van der Waals surface area contributed by atoms with Crippen LogP contribution in [0, 0.1) is 6.92 Å². The zero-order chi connectivity index (χ0) is 18.7. The number of benzene rings is 1. The van der Waals surface area contributed by atoms with E-state index in [1.165, 1.54) is 22.5 Å². The molecule has 1 amide bonds. The predicted molar refractivity (Wildman–Crippen MR) is 101 cm³/mol. The first kappa shape index (κ1) is 18.5. The third kappa shape index (κ3) is 3.76. The number of thiazole rings is 1. The average molecular weight is 378 g/mol. The van der Waals surface area contributed by atoms with Crippen LogP contribution in [0.2, 0.25) is 0 Å². The molecule has 0 saturated carbocycles. The molecule has 0 radical (unpaired) electrons. The Hall–Kier alpha value is -2.32. The van der Waals surface area contributed by atoms with Crippen molar-refractivity contribution in [2.75, 3.05) is 52.4 Å². The van der Waals surface area contributed by atoms with Gasteiger partial charge in [-0.2, -0.15) is 0 Å². The molecule has 1 aliphatic rings. The van der Waals surface area contributed by atoms with Crippen LogP contribution >= 0.6 is 11.3 Å². The zero-order valence-electron chi connectivity index (χ0n) is 15.5. The second kappa shape index (κ2) is 7.92. The lowest BCUT2D eigenvalue weighted by Crippen LogP contribution is -3.06. The Labute approximate surface area is 156 Å². The SMILES string of the molecule is COc1ccc(C)c2sc(N(CC[NH+](C)C)C(=O)C3=COCCO3)nc12. The van der Waals surface area contributed by atoms with E-state index in [-0.39, 0.29) is 11.7 Å². The Kier molecular flexibility index (Phi) is 5.63. The van der Waals surface area contributed by atoms with E-state index in [2.05, 4.69) is 0 Å². The summed E-state index contributed by atoms with van der Waals surface area (Å²) in [7, 11) is 5.72. The molecule has 26 heavy (non-hydrogen) atoms. The van der Waals surface area contributed by atoms with Crippen molar-refractivity contribution in [3.05, 3.63) is 29.7 Å². The van der Waals surface area contributed by atoms with Gasteiger partial charge in [-0.15, -0.1) is 0 Å². The number of anilines is 1. The Morgan fingerprint density at radius 3 is 2.85 bits per heavy atom. The number of aryl methyl sites for hydroxylation is 1. The van der Waals surface area contributed by atoms with Crippen molar-refractivity contribution in [2.24, 2.45) is 0 Å². The summed E-state index contributed by atoms with van der Waals surface area (Å²) in [6.07, 6.45) is 1.39. The van der Waals surface area contributed by atoms with Crippen molar-refractivity contribution in [1.82, 2.24) is 4.98 Å². The molecule has 0 aliphatic carbocycles. The lowest BCUT2D eigenvalue weighted by molar-refractivity contribution is -0.856. The molecule has 2 heterocycles. The van der Waals surface area contributed by atoms with Crippen molar-refractivity contribution in [3.63, 3.8) is 0 Å². The van der Waals surface area contributed by atoms with Crippen LogP contribution < -0.4 is 14.5 Å². The Morgan fingerprint density at radius 2 is 2.19 bits per heavy atom. The molecule has 1 N–H and O–H groups in total. The van der Waals surface area contributed by atoms with Gasteiger partial charge in [0.1, 0.15) is 30.7 Å². The van der Waals surface area contributed by atoms with Gasteiger partial charge in [0, 0.05) is 0 Å². The first-order valence-electron chi connectivity index (χ1n) is 8.51. The summed E-state index contributed by atoms with van der Waals surface area (Å²) < 4.78 is 17.2. The lowest BCUT2D eigenvalue weighted by atomic mass is 10.2. The van der Waals surface area contributed by atoms with Crippen LogP contribution in [-0.4, -0.2) is 58.4 Å². The summed E-state index contributed by atoms with van der Waals surface area (Å²) in [5.74, 6) is 0.685. The number of hydrogen-bond donors (Lipinski definition) is 1. The maximum Gasteiger partial charge on any atom is 0.298 e. The summed E-state index contributed by atoms with van der Waals surface area (Å²) >= 11 is 1.49. The molecule has 3 rings (SSSR count). The fourth-order valence-corrected chi connectivity index (χ4v) is 3.69. The molecule has 140 valence electrons. The minimum absolute atomic E-state index is 0.216. The normalized spacial score (nSPS) is 14.0. The lowest BCUT2D eigenvalue weighted by Gasteiger charge is -2.23. The number of amides is 1. The molecule has 7 nitrogen and oxygen atoms in total. The van der Waals surface area contributed by atoms with E-state index < -0.39 is 0 Å². The standard InChI is InChI=1S/C18H23N3O4S/c1-12-5-6-13(23-4)15-16(12)26-18(19-15)21(8-7-20(2)3)17(22)14-11-24-9-10-25-14/h5-6,11H,7-10H2,1-4H3/p+1. The minimum atomic E-state index is -0.235. The number of rotatable bonds is 6. The molecule has 8 heteroatoms. The summed E-state index contributed by atoms with van der Waals surface area (Å²) in [6, 6.07) is 3.90. The van der Waals surface area contributed by atoms with Crippen LogP contribution in [0.5, 0.6) is 5.75 Å². The molecular formula is C18H24N3O4S+. The molecule has 2 aromatic rings. The van der Waals surface area contributed by atoms with Gasteiger partial charge in [-0.25, -0.2) is 4.98 Å². The van der Waals surface area contributed by atoms with E-state index in [4.69, 9.17) is 19.2 Å². The number of methoxy groups -OCH3 is 1. The highest BCUT2D eigenvalue weighted by Gasteiger charge is 2.27. The monoisotopic (exact) mass is 378 g/mol. The fraction of sp³-hybridized carbons (Fsp3) is 0.444. The molecule has 0 bridgehead atoms. The van der Waals surface area contributed by atoms with Crippen LogP contribution in [0.1, 0.15) is 5.56 Å². The van der Waals surface area contributed by atoms with Crippen molar-refractivity contribution < 1.29 is 23.9 Å². The Morgan fingerprint density at radius 1 is 1.38 bits per heavy atom. The number of fused-ring (bicyclic) bond motifs is 1. The van der Waals surface area contributed by atoms with Gasteiger partial charge in [0.25, 0.3) is 5.91 Å². The third-order valence-corrected chi connectivity index (χ3v) is 5.30. The first-order chi connectivity index (χ1) is 12.5. The van der Waals surface area contributed by atoms with Gasteiger partial charge in [-0.05, 0) is 18.6 Å². The maximum atomic E-state index is 13.0. The van der Waals surface area contributed by atoms with E-state index in [0.29, 0.717) is 30.6 Å². The van der Waals surface area contributed by atoms with Gasteiger partial charge in [0.15, 0.2) is 5.13 Å². The van der Waals surface area contributed by atoms with Gasteiger partial charge < -0.3 is 19.1 Å². The summed E-state index contributed by atoms with van der Waals surface area (Å²) in [5.41, 5.74) is 1.88. The highest BCUT2D eigenvalue weighted by molar-refractivity contribution is 7.22. The number of hydrogen-bond acceptors (Lipinski definition) is 6. The van der Waals surface area contributed by atoms with Crippen LogP contribution in [0.3, 0.4) is 0 Å². The van der Waals surface area contributed by atoms with Gasteiger partial charge in [0.2, 0.25) is 5.76 Å². The first-order valence-corrected chi connectivity index (χ1v) is 9.32. The second-order valence-electron chi connectivity index (χ2n) is 6.37. The number of nitrogens with one attached hydrogen (secondary N) is 1. The molecule has 1 aromatic heterocycles. The highest BCUT2D eigenvalue weighted by atomic mass is 32.1. The largest absolute Gasteiger partial charge is 0.494 e. The second-order valence-corrected chi connectivity index (χ2v) is 7.35. The number of carbonyl (C=O) groups excluding carboxylic acids is 1. The minimum Gasteiger partial charge on any atom is -0.494 e. The average Bonchev–Trinajstić information content (AvgIpc) is 3.08. The molecule has 1 aliphatic heterocycles. The highest BCUT2D eigenvalue weighted by Crippen LogP contribution is 2.36. The van der Waals surface area contributed by atoms with Gasteiger partial charge in [0.05, 0.1) is 39.0 Å². The Balaban J connectivity index is 2.00. The van der Waals surface area contributed by atoms with E-state index >= 15 is 0 Å². The summed E-state index contributed by atoms with van der Waals surface area (Å²) in [4.78, 5) is 20.6. The van der Waals surface area contributed by atoms with E-state index in [0.717, 1.165) is 22.3 Å². The number of carbonyl (C=O) groups is 1. The third-order valence-electron chi connectivity index (χ3n) is 4.08. The number of nitrogens with zero attached hydrogens (tertiary/aromatic N) is 2. The number of ether oxygens (including phenoxy) is 3. The quantitative estimate of drug-likeness (QED) is 0.812. The van der Waals surface area contributed by atoms with Gasteiger partial charge >= 0.3 is 0 Å². The van der Waals surface area contributed by atoms with Crippen LogP contribution in [0.4, 0.5) is 5.13 Å². The molecule has 0 spiro atoms. The maximum absolute atomic E-state index is 13.0. The predicted octanol–water partition coefficient (Wildman–Crippen LogP) is 0.979. The topological polar surface area (TPSA) is 65.3 Å². The molecule has 0 saturated heterocycles. The van der Waals surface area contributed by atoms with Gasteiger partial charge in [-0.3, -0.25) is 9.69 Å². The molecule has 0 atom stereocenters. The van der Waals surface area contributed by atoms with E-state index in [1.807, 2.05) is 33.2 Å². The molecular weight excluding hydrogens is 354 g/mol. The van der Waals surface area contributed by atoms with Crippen molar-refractivity contribution in [3.8, 4) is 5.75 Å². The molecule has 0 fully saturated rings. The van der Waals surface area contributed by atoms with E-state index in [1.54, 1.807) is 12.0 Å². The summed E-state index contributed by atoms with van der Waals surface area (Å²) in [6.45, 7) is 4.17. The van der Waals surface area contributed by atoms with Crippen LogP contribution in [0.25, 0.3) is 10.2 Å². The van der Waals surface area contributed by atoms with Crippen molar-refractivity contribution in [1.29, 1.82) is 0 Å². The smallest absolute Gasteiger partial charge is 0.298 e. The van der Waals surface area contributed by atoms with Crippen molar-refractivity contribution >= 4 is 32.6 Å². The number of aromatic nitrogens is 1. The van der Waals surface area contributed by atoms with E-state index in [9.17, 15) is 4.79 Å². The van der Waals surface area contributed by atoms with Crippen LogP contribution in [-0.2, 0) is 14.3 Å². The molecule has 0 unspecified atom stereocenters. The fourth-order valence-electron chi connectivity index (χ4n) is 2.61. The van der Waals surface area contributed by atoms with Gasteiger partial charge in [-0.1, -0.05) is 17.4 Å². The molecule has 1 aromatic carbocycles.